The van der Waals surface area contributed by atoms with Crippen LogP contribution in [0.2, 0.25) is 0 Å². The molecule has 2 rings (SSSR count). The quantitative estimate of drug-likeness (QED) is 0.688. The number of benzene rings is 1. The van der Waals surface area contributed by atoms with E-state index in [4.69, 9.17) is 18.9 Å². The monoisotopic (exact) mass is 374 g/mol. The summed E-state index contributed by atoms with van der Waals surface area (Å²) in [5, 5.41) is 2.87. The predicted molar refractivity (Wildman–Crippen MR) is 102 cm³/mol. The van der Waals surface area contributed by atoms with E-state index in [-0.39, 0.29) is 12.5 Å². The third-order valence-electron chi connectivity index (χ3n) is 3.65. The number of amides is 1. The highest BCUT2D eigenvalue weighted by Crippen LogP contribution is 2.39. The van der Waals surface area contributed by atoms with Gasteiger partial charge in [-0.15, -0.1) is 0 Å². The van der Waals surface area contributed by atoms with Gasteiger partial charge in [0.2, 0.25) is 11.6 Å². The third kappa shape index (κ3) is 5.26. The van der Waals surface area contributed by atoms with E-state index in [1.54, 1.807) is 31.5 Å². The molecule has 0 fully saturated rings. The lowest BCUT2D eigenvalue weighted by atomic mass is 10.1. The average Bonchev–Trinajstić information content (AvgIpc) is 2.68. The van der Waals surface area contributed by atoms with Crippen LogP contribution in [0.3, 0.4) is 0 Å². The van der Waals surface area contributed by atoms with Gasteiger partial charge < -0.3 is 24.3 Å². The summed E-state index contributed by atoms with van der Waals surface area (Å²) >= 11 is 0. The van der Waals surface area contributed by atoms with E-state index in [2.05, 4.69) is 10.3 Å². The lowest BCUT2D eigenvalue weighted by Gasteiger charge is -2.17. The Morgan fingerprint density at radius 3 is 2.22 bits per heavy atom. The number of carbonyl (C=O) groups excluding carboxylic acids is 1. The highest BCUT2D eigenvalue weighted by atomic mass is 16.5. The van der Waals surface area contributed by atoms with Gasteiger partial charge in [0.05, 0.1) is 26.9 Å². The van der Waals surface area contributed by atoms with Crippen molar-refractivity contribution in [1.82, 2.24) is 10.3 Å². The molecule has 1 heterocycles. The van der Waals surface area contributed by atoms with E-state index in [1.807, 2.05) is 26.8 Å². The maximum atomic E-state index is 12.7. The SMILES string of the molecule is CCOc1cc(C(=O)NCc2cccnc2OC)cc(OCC)c1OCC. The smallest absolute Gasteiger partial charge is 0.251 e. The van der Waals surface area contributed by atoms with E-state index in [0.29, 0.717) is 48.5 Å². The van der Waals surface area contributed by atoms with Crippen LogP contribution >= 0.6 is 0 Å². The van der Waals surface area contributed by atoms with Crippen LogP contribution in [0.1, 0.15) is 36.7 Å². The molecule has 7 nitrogen and oxygen atoms in total. The first-order valence-corrected chi connectivity index (χ1v) is 8.97. The molecular weight excluding hydrogens is 348 g/mol. The van der Waals surface area contributed by atoms with Gasteiger partial charge in [-0.3, -0.25) is 4.79 Å². The van der Waals surface area contributed by atoms with E-state index in [9.17, 15) is 4.79 Å². The van der Waals surface area contributed by atoms with Crippen molar-refractivity contribution in [2.45, 2.75) is 27.3 Å². The second-order valence-electron chi connectivity index (χ2n) is 5.46. The van der Waals surface area contributed by atoms with Crippen LogP contribution in [0, 0.1) is 0 Å². The van der Waals surface area contributed by atoms with E-state index in [1.165, 1.54) is 0 Å². The highest BCUT2D eigenvalue weighted by Gasteiger charge is 2.18. The molecule has 0 radical (unpaired) electrons. The van der Waals surface area contributed by atoms with Crippen LogP contribution in [-0.4, -0.2) is 37.8 Å². The maximum Gasteiger partial charge on any atom is 0.251 e. The molecule has 0 saturated heterocycles. The summed E-state index contributed by atoms with van der Waals surface area (Å²) in [6, 6.07) is 6.96. The number of nitrogens with one attached hydrogen (secondary N) is 1. The van der Waals surface area contributed by atoms with Gasteiger partial charge in [0.1, 0.15) is 0 Å². The Kier molecular flexibility index (Phi) is 7.73. The summed E-state index contributed by atoms with van der Waals surface area (Å²) in [7, 11) is 1.54. The molecule has 0 spiro atoms. The first-order valence-electron chi connectivity index (χ1n) is 8.97. The number of ether oxygens (including phenoxy) is 4. The molecule has 0 bridgehead atoms. The van der Waals surface area contributed by atoms with Gasteiger partial charge in [0, 0.05) is 23.9 Å². The Bertz CT molecular complexity index is 737. The molecule has 0 atom stereocenters. The zero-order valence-corrected chi connectivity index (χ0v) is 16.2. The Balaban J connectivity index is 2.26. The molecule has 0 unspecified atom stereocenters. The van der Waals surface area contributed by atoms with Crippen LogP contribution in [-0.2, 0) is 6.54 Å². The fourth-order valence-electron chi connectivity index (χ4n) is 2.54. The van der Waals surface area contributed by atoms with Gasteiger partial charge in [-0.25, -0.2) is 4.98 Å². The van der Waals surface area contributed by atoms with Crippen molar-refractivity contribution in [3.63, 3.8) is 0 Å². The first-order chi connectivity index (χ1) is 13.1. The Morgan fingerprint density at radius 1 is 1.04 bits per heavy atom. The molecule has 0 aliphatic heterocycles. The lowest BCUT2D eigenvalue weighted by Crippen LogP contribution is -2.23. The molecule has 0 aliphatic carbocycles. The van der Waals surface area contributed by atoms with Gasteiger partial charge in [0.15, 0.2) is 11.5 Å². The molecule has 2 aromatic rings. The van der Waals surface area contributed by atoms with Crippen LogP contribution in [0.5, 0.6) is 23.1 Å². The number of hydrogen-bond donors (Lipinski definition) is 1. The van der Waals surface area contributed by atoms with Crippen molar-refractivity contribution in [3.05, 3.63) is 41.6 Å². The first kappa shape index (κ1) is 20.4. The van der Waals surface area contributed by atoms with Gasteiger partial charge in [-0.05, 0) is 39.0 Å². The van der Waals surface area contributed by atoms with Crippen LogP contribution in [0.4, 0.5) is 0 Å². The van der Waals surface area contributed by atoms with Crippen molar-refractivity contribution in [2.75, 3.05) is 26.9 Å². The summed E-state index contributed by atoms with van der Waals surface area (Å²) in [6.07, 6.45) is 1.64. The summed E-state index contributed by atoms with van der Waals surface area (Å²) < 4.78 is 22.2. The summed E-state index contributed by atoms with van der Waals surface area (Å²) in [4.78, 5) is 16.8. The molecule has 0 aliphatic rings. The van der Waals surface area contributed by atoms with Crippen molar-refractivity contribution in [3.8, 4) is 23.1 Å². The fraction of sp³-hybridized carbons (Fsp3) is 0.400. The van der Waals surface area contributed by atoms with Gasteiger partial charge >= 0.3 is 0 Å². The molecule has 1 amide bonds. The molecule has 146 valence electrons. The number of nitrogens with zero attached hydrogens (tertiary/aromatic N) is 1. The van der Waals surface area contributed by atoms with Crippen LogP contribution in [0.25, 0.3) is 0 Å². The van der Waals surface area contributed by atoms with Gasteiger partial charge in [0.25, 0.3) is 5.91 Å². The van der Waals surface area contributed by atoms with Crippen LogP contribution in [0.15, 0.2) is 30.5 Å². The molecule has 7 heteroatoms. The number of rotatable bonds is 10. The number of methoxy groups -OCH3 is 1. The van der Waals surface area contributed by atoms with Gasteiger partial charge in [-0.1, -0.05) is 6.07 Å². The Hall–Kier alpha value is -2.96. The number of hydrogen-bond acceptors (Lipinski definition) is 6. The zero-order valence-electron chi connectivity index (χ0n) is 16.2. The normalized spacial score (nSPS) is 10.2. The minimum absolute atomic E-state index is 0.258. The van der Waals surface area contributed by atoms with Crippen molar-refractivity contribution in [1.29, 1.82) is 0 Å². The molecule has 27 heavy (non-hydrogen) atoms. The third-order valence-corrected chi connectivity index (χ3v) is 3.65. The van der Waals surface area contributed by atoms with Gasteiger partial charge in [-0.2, -0.15) is 0 Å². The number of carbonyl (C=O) groups is 1. The maximum absolute atomic E-state index is 12.7. The molecule has 1 aromatic heterocycles. The summed E-state index contributed by atoms with van der Waals surface area (Å²) in [5.74, 6) is 1.69. The summed E-state index contributed by atoms with van der Waals surface area (Å²) in [6.45, 7) is 7.28. The Labute approximate surface area is 159 Å². The molecular formula is C20H26N2O5. The topological polar surface area (TPSA) is 78.9 Å². The molecule has 1 N–H and O–H groups in total. The summed E-state index contributed by atoms with van der Waals surface area (Å²) in [5.41, 5.74) is 1.21. The Morgan fingerprint density at radius 2 is 1.67 bits per heavy atom. The largest absolute Gasteiger partial charge is 0.490 e. The highest BCUT2D eigenvalue weighted by molar-refractivity contribution is 5.95. The molecule has 0 saturated carbocycles. The predicted octanol–water partition coefficient (Wildman–Crippen LogP) is 3.22. The lowest BCUT2D eigenvalue weighted by molar-refractivity contribution is 0.0949. The van der Waals surface area contributed by atoms with E-state index >= 15 is 0 Å². The number of aromatic nitrogens is 1. The molecule has 1 aromatic carbocycles. The number of pyridine rings is 1. The van der Waals surface area contributed by atoms with Crippen LogP contribution < -0.4 is 24.3 Å². The fourth-order valence-corrected chi connectivity index (χ4v) is 2.54. The average molecular weight is 374 g/mol. The second-order valence-corrected chi connectivity index (χ2v) is 5.46. The standard InChI is InChI=1S/C20H26N2O5/c1-5-25-16-11-15(12-17(26-6-2)18(16)27-7-3)19(23)22-13-14-9-8-10-21-20(14)24-4/h8-12H,5-7,13H2,1-4H3,(H,22,23). The second kappa shape index (κ2) is 10.3. The zero-order chi connectivity index (χ0) is 19.6. The minimum Gasteiger partial charge on any atom is -0.490 e. The van der Waals surface area contributed by atoms with Crippen molar-refractivity contribution >= 4 is 5.91 Å². The van der Waals surface area contributed by atoms with Crippen molar-refractivity contribution < 1.29 is 23.7 Å². The van der Waals surface area contributed by atoms with Crippen molar-refractivity contribution in [2.24, 2.45) is 0 Å². The van der Waals surface area contributed by atoms with E-state index < -0.39 is 0 Å². The minimum atomic E-state index is -0.258. The van der Waals surface area contributed by atoms with E-state index in [0.717, 1.165) is 5.56 Å².